The molecule has 0 saturated heterocycles. The van der Waals surface area contributed by atoms with Crippen molar-refractivity contribution in [2.45, 2.75) is 19.8 Å². The molecule has 3 heterocycles. The quantitative estimate of drug-likeness (QED) is 0.441. The van der Waals surface area contributed by atoms with E-state index in [2.05, 4.69) is 104 Å². The van der Waals surface area contributed by atoms with Gasteiger partial charge in [0, 0.05) is 37.3 Å². The molecule has 3 aromatic rings. The molecule has 3 aliphatic rings. The fourth-order valence-corrected chi connectivity index (χ4v) is 9.62. The summed E-state index contributed by atoms with van der Waals surface area (Å²) in [6.07, 6.45) is 2.22. The van der Waals surface area contributed by atoms with Crippen molar-refractivity contribution in [2.24, 2.45) is 0 Å². The van der Waals surface area contributed by atoms with Crippen LogP contribution >= 0.6 is 0 Å². The first-order valence-electron chi connectivity index (χ1n) is 12.0. The number of hydrogen-bond acceptors (Lipinski definition) is 1. The van der Waals surface area contributed by atoms with Crippen molar-refractivity contribution in [3.8, 4) is 0 Å². The number of aryl methyl sites for hydroxylation is 1. The second kappa shape index (κ2) is 7.16. The first-order valence-corrected chi connectivity index (χ1v) is 14.1. The molecule has 0 radical (unpaired) electrons. The maximum absolute atomic E-state index is 4.42. The van der Waals surface area contributed by atoms with Gasteiger partial charge in [-0.25, -0.2) is 4.58 Å². The van der Waals surface area contributed by atoms with E-state index in [0.29, 0.717) is 0 Å². The average molecular weight is 448 g/mol. The predicted octanol–water partition coefficient (Wildman–Crippen LogP) is 2.24. The maximum atomic E-state index is 4.42. The molecule has 0 spiro atoms. The molecule has 164 valence electrons. The minimum absolute atomic E-state index is 1.08. The number of rotatable bonds is 3. The number of hydrogen-bond donors (Lipinski definition) is 0. The van der Waals surface area contributed by atoms with E-state index >= 15 is 0 Å². The minimum atomic E-state index is -2.36. The first kappa shape index (κ1) is 20.4. The lowest BCUT2D eigenvalue weighted by molar-refractivity contribution is 0.720. The van der Waals surface area contributed by atoms with E-state index in [1.165, 1.54) is 60.0 Å². The summed E-state index contributed by atoms with van der Waals surface area (Å²) in [5.41, 5.74) is 14.2. The zero-order valence-corrected chi connectivity index (χ0v) is 20.9. The molecule has 0 bridgehead atoms. The molecule has 0 N–H and O–H groups in total. The lowest BCUT2D eigenvalue weighted by Gasteiger charge is -2.35. The van der Waals surface area contributed by atoms with E-state index in [9.17, 15) is 0 Å². The van der Waals surface area contributed by atoms with Gasteiger partial charge in [-0.2, -0.15) is 0 Å². The van der Waals surface area contributed by atoms with Crippen molar-refractivity contribution in [3.63, 3.8) is 0 Å². The van der Waals surface area contributed by atoms with Crippen LogP contribution in [0.4, 0.5) is 5.69 Å². The minimum Gasteiger partial charge on any atom is -0.374 e. The van der Waals surface area contributed by atoms with Gasteiger partial charge >= 0.3 is 0 Å². The van der Waals surface area contributed by atoms with E-state index < -0.39 is 8.07 Å². The standard InChI is InChI=1S/C30H31N2Si/c1-6-33(7-2)28-18-26-21(12-14-31(26)4)16-24(28)30(23-11-9-8-10-20(23)3)25-17-22-13-15-32(5)27(22)19-29(25)33/h6-11,16-19H,1-2,12-15H2,3-5H3/q+1. The van der Waals surface area contributed by atoms with Crippen molar-refractivity contribution in [2.75, 3.05) is 32.1 Å². The van der Waals surface area contributed by atoms with Crippen molar-refractivity contribution < 1.29 is 0 Å². The average Bonchev–Trinajstić information content (AvgIpc) is 3.38. The van der Waals surface area contributed by atoms with Crippen molar-refractivity contribution in [1.29, 1.82) is 0 Å². The van der Waals surface area contributed by atoms with Crippen LogP contribution in [0, 0.1) is 6.92 Å². The van der Waals surface area contributed by atoms with E-state index in [4.69, 9.17) is 0 Å². The third-order valence-electron chi connectivity index (χ3n) is 8.18. The van der Waals surface area contributed by atoms with E-state index in [1.807, 2.05) is 0 Å². The molecule has 0 amide bonds. The molecule has 3 aliphatic heterocycles. The van der Waals surface area contributed by atoms with Gasteiger partial charge in [-0.1, -0.05) is 35.7 Å². The SMILES string of the molecule is C=C[Si]1(C=C)c2cc3c(cc2C(c2ccccc2C)=c2cc4c(cc21)=[N+](C)CC4)CCN3C. The van der Waals surface area contributed by atoms with Gasteiger partial charge in [0.1, 0.15) is 13.6 Å². The van der Waals surface area contributed by atoms with Crippen molar-refractivity contribution in [1.82, 2.24) is 4.58 Å². The number of benzene rings is 3. The fourth-order valence-electron chi connectivity index (χ4n) is 6.25. The Labute approximate surface area is 197 Å². The van der Waals surface area contributed by atoms with Crippen LogP contribution in [0.5, 0.6) is 0 Å². The highest BCUT2D eigenvalue weighted by molar-refractivity contribution is 7.10. The highest BCUT2D eigenvalue weighted by atomic mass is 28.3. The van der Waals surface area contributed by atoms with Crippen molar-refractivity contribution in [3.05, 3.63) is 111 Å². The van der Waals surface area contributed by atoms with Crippen molar-refractivity contribution >= 4 is 29.7 Å². The summed E-state index contributed by atoms with van der Waals surface area (Å²) < 4.78 is 2.40. The van der Waals surface area contributed by atoms with E-state index in [-0.39, 0.29) is 0 Å². The monoisotopic (exact) mass is 447 g/mol. The second-order valence-electron chi connectivity index (χ2n) is 9.86. The first-order chi connectivity index (χ1) is 16.0. The van der Waals surface area contributed by atoms with Crippen LogP contribution in [-0.4, -0.2) is 35.3 Å². The summed E-state index contributed by atoms with van der Waals surface area (Å²) in [4.78, 5) is 2.40. The van der Waals surface area contributed by atoms with Gasteiger partial charge in [-0.05, 0) is 75.0 Å². The van der Waals surface area contributed by atoms with Gasteiger partial charge in [0.05, 0.1) is 0 Å². The third kappa shape index (κ3) is 2.69. The third-order valence-corrected chi connectivity index (χ3v) is 12.1. The van der Waals surface area contributed by atoms with Crippen LogP contribution in [0.25, 0.3) is 5.57 Å². The summed E-state index contributed by atoms with van der Waals surface area (Å²) in [6, 6.07) is 18.8. The molecule has 0 saturated carbocycles. The molecule has 3 aromatic carbocycles. The normalized spacial score (nSPS) is 17.4. The lowest BCUT2D eigenvalue weighted by atomic mass is 9.90. The molecule has 0 fully saturated rings. The van der Waals surface area contributed by atoms with Crippen LogP contribution in [-0.2, 0) is 12.8 Å². The predicted molar refractivity (Wildman–Crippen MR) is 143 cm³/mol. The highest BCUT2D eigenvalue weighted by Gasteiger charge is 2.41. The Morgan fingerprint density at radius 3 is 2.48 bits per heavy atom. The lowest BCUT2D eigenvalue weighted by Crippen LogP contribution is -2.65. The Hall–Kier alpha value is -3.17. The number of likely N-dealkylation sites (N-methyl/N-ethyl adjacent to an activating group) is 2. The number of fused-ring (bicyclic) bond motifs is 4. The molecule has 0 unspecified atom stereocenters. The molecular formula is C30H31N2Si+. The number of nitrogens with zero attached hydrogens (tertiary/aromatic N) is 2. The molecule has 33 heavy (non-hydrogen) atoms. The highest BCUT2D eigenvalue weighted by Crippen LogP contribution is 2.34. The molecule has 3 heteroatoms. The van der Waals surface area contributed by atoms with Crippen LogP contribution in [0.1, 0.15) is 27.8 Å². The molecular weight excluding hydrogens is 416 g/mol. The Morgan fingerprint density at radius 2 is 1.73 bits per heavy atom. The fraction of sp³-hybridized carbons (Fsp3) is 0.233. The maximum Gasteiger partial charge on any atom is 0.203 e. The van der Waals surface area contributed by atoms with Gasteiger partial charge in [-0.15, -0.1) is 13.2 Å². The Bertz CT molecular complexity index is 1490. The number of anilines is 1. The van der Waals surface area contributed by atoms with E-state index in [0.717, 1.165) is 25.9 Å². The molecule has 2 nitrogen and oxygen atoms in total. The van der Waals surface area contributed by atoms with Gasteiger partial charge in [0.2, 0.25) is 5.36 Å². The largest absolute Gasteiger partial charge is 0.374 e. The van der Waals surface area contributed by atoms with Crippen LogP contribution in [0.2, 0.25) is 0 Å². The summed E-state index contributed by atoms with van der Waals surface area (Å²) >= 11 is 0. The molecule has 6 rings (SSSR count). The Balaban J connectivity index is 1.86. The van der Waals surface area contributed by atoms with Crippen LogP contribution in [0.3, 0.4) is 0 Å². The van der Waals surface area contributed by atoms with Gasteiger partial charge < -0.3 is 4.90 Å². The van der Waals surface area contributed by atoms with Gasteiger partial charge in [0.15, 0.2) is 8.07 Å². The zero-order valence-electron chi connectivity index (χ0n) is 19.9. The Morgan fingerprint density at radius 1 is 0.939 bits per heavy atom. The van der Waals surface area contributed by atoms with E-state index in [1.54, 1.807) is 0 Å². The topological polar surface area (TPSA) is 6.25 Å². The van der Waals surface area contributed by atoms with Gasteiger partial charge in [-0.3, -0.25) is 0 Å². The zero-order chi connectivity index (χ0) is 22.9. The summed E-state index contributed by atoms with van der Waals surface area (Å²) in [7, 11) is 2.08. The molecule has 0 aromatic heterocycles. The second-order valence-corrected chi connectivity index (χ2v) is 13.5. The van der Waals surface area contributed by atoms with Crippen LogP contribution < -0.4 is 30.4 Å². The summed E-state index contributed by atoms with van der Waals surface area (Å²) in [5, 5.41) is 5.64. The molecule has 0 aliphatic carbocycles. The summed E-state index contributed by atoms with van der Waals surface area (Å²) in [5.74, 6) is 0. The van der Waals surface area contributed by atoms with Crippen LogP contribution in [0.15, 0.2) is 73.1 Å². The van der Waals surface area contributed by atoms with Gasteiger partial charge in [0.25, 0.3) is 0 Å². The molecule has 0 atom stereocenters. The Kier molecular flexibility index (Phi) is 4.44. The smallest absolute Gasteiger partial charge is 0.203 e. The summed E-state index contributed by atoms with van der Waals surface area (Å²) in [6.45, 7) is 13.2.